The van der Waals surface area contributed by atoms with Gasteiger partial charge in [-0.05, 0) is 0 Å². The van der Waals surface area contributed by atoms with Gasteiger partial charge < -0.3 is 121 Å². The third kappa shape index (κ3) is 4.52. The van der Waals surface area contributed by atoms with Crippen molar-refractivity contribution in [3.05, 3.63) is 0 Å². The third-order valence-corrected chi connectivity index (χ3v) is 10.1. The van der Waals surface area contributed by atoms with E-state index in [-0.39, 0.29) is 0 Å². The molecule has 0 unspecified atom stereocenters. The van der Waals surface area contributed by atoms with Crippen molar-refractivity contribution < 1.29 is 121 Å². The number of aliphatic hydroxyl groups excluding tert-OH is 15. The Labute approximate surface area is 267 Å². The fourth-order valence-electron chi connectivity index (χ4n) is 7.26. The third-order valence-electron chi connectivity index (χ3n) is 10.1. The Morgan fingerprint density at radius 2 is 0.583 bits per heavy atom. The standard InChI is InChI=1S/C24H42O24/c25-1-4-7(28)10(31)16(37)21(42,46-4)19(40)14(35)13(34)15(36)20(41,22(43)17(38)11(32)8(29)5(2-26)47-22)24(19,45)23(44)18(39)12(33)9(30)6(3-27)48-23/h4-18,25-45H,1-3H2/t4-,5-,6-,7+,8+,9+,10+,11+,12+,13?,14-,15-,16-,17-,18-,19+,20+,21-,22-,23+,24?/m1/s1. The molecule has 3 aliphatic heterocycles. The first-order valence-corrected chi connectivity index (χ1v) is 14.3. The topological polar surface area (TPSA) is 453 Å². The Hall–Kier alpha value is -0.960. The summed E-state index contributed by atoms with van der Waals surface area (Å²) in [6.07, 6.45) is -44.0. The van der Waals surface area contributed by atoms with Gasteiger partial charge in [0.2, 0.25) is 17.4 Å². The summed E-state index contributed by atoms with van der Waals surface area (Å²) in [6.45, 7) is -4.46. The molecule has 0 aromatic rings. The lowest BCUT2D eigenvalue weighted by Crippen LogP contribution is -3.01. The van der Waals surface area contributed by atoms with Crippen molar-refractivity contribution >= 4 is 0 Å². The Kier molecular flexibility index (Phi) is 10.5. The fraction of sp³-hybridized carbons (Fsp3) is 1.00. The van der Waals surface area contributed by atoms with E-state index >= 15 is 0 Å². The molecule has 0 bridgehead atoms. The minimum absolute atomic E-state index is 1.47. The van der Waals surface area contributed by atoms with Crippen molar-refractivity contribution in [1.82, 2.24) is 0 Å². The van der Waals surface area contributed by atoms with E-state index in [9.17, 15) is 107 Å². The summed E-state index contributed by atoms with van der Waals surface area (Å²) < 4.78 is 14.9. The fourth-order valence-corrected chi connectivity index (χ4v) is 7.26. The lowest BCUT2D eigenvalue weighted by atomic mass is 9.48. The largest absolute Gasteiger partial charge is 0.394 e. The van der Waals surface area contributed by atoms with Gasteiger partial charge in [-0.2, -0.15) is 0 Å². The molecule has 0 radical (unpaired) electrons. The molecule has 48 heavy (non-hydrogen) atoms. The van der Waals surface area contributed by atoms with Crippen LogP contribution in [0.1, 0.15) is 0 Å². The predicted octanol–water partition coefficient (Wildman–Crippen LogP) is -14.2. The second-order valence-electron chi connectivity index (χ2n) is 12.5. The van der Waals surface area contributed by atoms with Gasteiger partial charge in [0.05, 0.1) is 19.8 Å². The molecule has 24 nitrogen and oxygen atoms in total. The first-order valence-electron chi connectivity index (χ1n) is 14.3. The van der Waals surface area contributed by atoms with E-state index in [0.717, 1.165) is 0 Å². The molecular weight excluding hydrogens is 672 g/mol. The summed E-state index contributed by atoms with van der Waals surface area (Å²) in [4.78, 5) is 0. The van der Waals surface area contributed by atoms with Crippen LogP contribution in [0.4, 0.5) is 0 Å². The van der Waals surface area contributed by atoms with Crippen LogP contribution in [0.2, 0.25) is 0 Å². The quantitative estimate of drug-likeness (QED) is 0.121. The van der Waals surface area contributed by atoms with Crippen molar-refractivity contribution in [3.63, 3.8) is 0 Å². The number of rotatable bonds is 6. The molecule has 0 aromatic heterocycles. The Morgan fingerprint density at radius 1 is 0.333 bits per heavy atom. The maximum atomic E-state index is 12.7. The van der Waals surface area contributed by atoms with E-state index in [1.54, 1.807) is 0 Å². The maximum absolute atomic E-state index is 12.7. The maximum Gasteiger partial charge on any atom is 0.231 e. The molecule has 3 saturated heterocycles. The molecule has 282 valence electrons. The van der Waals surface area contributed by atoms with Gasteiger partial charge in [0.15, 0.2) is 16.8 Å². The molecule has 4 fully saturated rings. The molecule has 4 aliphatic rings. The van der Waals surface area contributed by atoms with Crippen LogP contribution in [0.25, 0.3) is 0 Å². The highest BCUT2D eigenvalue weighted by Gasteiger charge is 2.94. The van der Waals surface area contributed by atoms with Crippen LogP contribution in [0, 0.1) is 0 Å². The van der Waals surface area contributed by atoms with E-state index in [2.05, 4.69) is 0 Å². The lowest BCUT2D eigenvalue weighted by molar-refractivity contribution is -0.551. The molecule has 3 heterocycles. The highest BCUT2D eigenvalue weighted by molar-refractivity contribution is 5.38. The highest BCUT2D eigenvalue weighted by Crippen LogP contribution is 2.62. The summed E-state index contributed by atoms with van der Waals surface area (Å²) in [5, 5.41) is 231. The lowest BCUT2D eigenvalue weighted by Gasteiger charge is -2.72. The zero-order chi connectivity index (χ0) is 36.9. The van der Waals surface area contributed by atoms with E-state index < -0.39 is 146 Å². The van der Waals surface area contributed by atoms with Crippen molar-refractivity contribution in [2.24, 2.45) is 0 Å². The van der Waals surface area contributed by atoms with Gasteiger partial charge in [-0.1, -0.05) is 0 Å². The van der Waals surface area contributed by atoms with E-state index in [1.165, 1.54) is 0 Å². The highest BCUT2D eigenvalue weighted by atomic mass is 16.7. The molecule has 24 heteroatoms. The minimum Gasteiger partial charge on any atom is -0.394 e. The molecule has 0 spiro atoms. The molecule has 1 saturated carbocycles. The molecule has 19 atom stereocenters. The number of hydrogen-bond acceptors (Lipinski definition) is 24. The van der Waals surface area contributed by atoms with Crippen molar-refractivity contribution in [2.45, 2.75) is 126 Å². The van der Waals surface area contributed by atoms with Gasteiger partial charge >= 0.3 is 0 Å². The van der Waals surface area contributed by atoms with Gasteiger partial charge in [-0.25, -0.2) is 0 Å². The molecule has 4 rings (SSSR count). The van der Waals surface area contributed by atoms with E-state index in [1.807, 2.05) is 0 Å². The molecule has 0 aromatic carbocycles. The average Bonchev–Trinajstić information content (AvgIpc) is 3.07. The van der Waals surface area contributed by atoms with Crippen LogP contribution in [0.5, 0.6) is 0 Å². The first-order chi connectivity index (χ1) is 21.9. The summed E-state index contributed by atoms with van der Waals surface area (Å²) in [6, 6.07) is 0. The second-order valence-corrected chi connectivity index (χ2v) is 12.5. The van der Waals surface area contributed by atoms with Crippen LogP contribution in [-0.2, 0) is 14.2 Å². The van der Waals surface area contributed by atoms with Gasteiger partial charge in [-0.15, -0.1) is 0 Å². The van der Waals surface area contributed by atoms with Crippen molar-refractivity contribution in [3.8, 4) is 0 Å². The second kappa shape index (κ2) is 12.6. The number of aliphatic hydroxyl groups is 21. The predicted molar refractivity (Wildman–Crippen MR) is 138 cm³/mol. The monoisotopic (exact) mass is 714 g/mol. The zero-order valence-electron chi connectivity index (χ0n) is 24.4. The van der Waals surface area contributed by atoms with Crippen LogP contribution >= 0.6 is 0 Å². The minimum atomic E-state index is -5.31. The van der Waals surface area contributed by atoms with Gasteiger partial charge in [0.25, 0.3) is 0 Å². The average molecular weight is 715 g/mol. The van der Waals surface area contributed by atoms with Gasteiger partial charge in [-0.3, -0.25) is 0 Å². The van der Waals surface area contributed by atoms with Crippen LogP contribution in [0.15, 0.2) is 0 Å². The first kappa shape index (κ1) is 39.8. The van der Waals surface area contributed by atoms with Crippen molar-refractivity contribution in [1.29, 1.82) is 0 Å². The summed E-state index contributed by atoms with van der Waals surface area (Å²) in [5.41, 5.74) is -15.4. The van der Waals surface area contributed by atoms with Gasteiger partial charge in [0, 0.05) is 0 Å². The van der Waals surface area contributed by atoms with E-state index in [0.29, 0.717) is 0 Å². The molecular formula is C24H42O24. The summed E-state index contributed by atoms with van der Waals surface area (Å²) in [7, 11) is 0. The summed E-state index contributed by atoms with van der Waals surface area (Å²) in [5.74, 6) is -13.9. The SMILES string of the molecule is OC[C@H]1O[C@](O)(C2(O)[C@@](O)([C@]3(O)O[C@H](CO)[C@H](O)[C@H](O)[C@H]3O)[C@H](O)C(O)[C@@H](O)[C@]2(O)[C@]2(O)O[C@H](CO)[C@H](O)[C@H](O)[C@H]2O)[C@H](O)[C@@H](O)[C@H]1O. The zero-order valence-corrected chi connectivity index (χ0v) is 24.4. The van der Waals surface area contributed by atoms with E-state index in [4.69, 9.17) is 14.2 Å². The smallest absolute Gasteiger partial charge is 0.231 e. The normalized spacial score (nSPS) is 61.3. The molecule has 0 amide bonds. The van der Waals surface area contributed by atoms with Crippen LogP contribution < -0.4 is 0 Å². The number of hydrogen-bond donors (Lipinski definition) is 21. The Balaban J connectivity index is 2.20. The Morgan fingerprint density at radius 3 is 0.854 bits per heavy atom. The van der Waals surface area contributed by atoms with Crippen LogP contribution in [-0.4, -0.2) is 253 Å². The van der Waals surface area contributed by atoms with Crippen LogP contribution in [0.3, 0.4) is 0 Å². The molecule has 21 N–H and O–H groups in total. The summed E-state index contributed by atoms with van der Waals surface area (Å²) >= 11 is 0. The molecule has 1 aliphatic carbocycles. The number of ether oxygens (including phenoxy) is 3. The van der Waals surface area contributed by atoms with Gasteiger partial charge in [0.1, 0.15) is 91.6 Å². The Bertz CT molecular complexity index is 1100. The van der Waals surface area contributed by atoms with Crippen molar-refractivity contribution in [2.75, 3.05) is 19.8 Å².